The highest BCUT2D eigenvalue weighted by Crippen LogP contribution is 2.22. The predicted octanol–water partition coefficient (Wildman–Crippen LogP) is 1.98. The molecule has 0 aliphatic heterocycles. The first-order valence-corrected chi connectivity index (χ1v) is 5.11. The van der Waals surface area contributed by atoms with Crippen LogP contribution in [-0.4, -0.2) is 18.6 Å². The van der Waals surface area contributed by atoms with Gasteiger partial charge in [-0.1, -0.05) is 0 Å². The van der Waals surface area contributed by atoms with Crippen LogP contribution >= 0.6 is 27.3 Å². The molecule has 2 nitrogen and oxygen atoms in total. The Kier molecular flexibility index (Phi) is 3.48. The van der Waals surface area contributed by atoms with E-state index in [1.165, 1.54) is 4.88 Å². The maximum absolute atomic E-state index is 4.27. The zero-order valence-corrected chi connectivity index (χ0v) is 9.05. The lowest BCUT2D eigenvalue weighted by Crippen LogP contribution is -2.09. The highest BCUT2D eigenvalue weighted by atomic mass is 79.9. The molecule has 62 valence electrons. The molecule has 0 amide bonds. The minimum absolute atomic E-state index is 1.01. The summed E-state index contributed by atoms with van der Waals surface area (Å²) in [5.41, 5.74) is 0. The van der Waals surface area contributed by atoms with Gasteiger partial charge in [-0.15, -0.1) is 11.3 Å². The van der Waals surface area contributed by atoms with E-state index >= 15 is 0 Å². The summed E-state index contributed by atoms with van der Waals surface area (Å²) >= 11 is 5.18. The number of halogens is 1. The molecule has 0 fully saturated rings. The predicted molar refractivity (Wildman–Crippen MR) is 52.2 cm³/mol. The summed E-state index contributed by atoms with van der Waals surface area (Å²) in [6.45, 7) is 3.04. The number of hydrogen-bond donors (Lipinski definition) is 1. The first-order chi connectivity index (χ1) is 5.24. The molecule has 0 aromatic carbocycles. The van der Waals surface area contributed by atoms with Gasteiger partial charge < -0.3 is 5.32 Å². The normalized spacial score (nSPS) is 10.5. The van der Waals surface area contributed by atoms with E-state index in [0.29, 0.717) is 0 Å². The van der Waals surface area contributed by atoms with Gasteiger partial charge in [-0.25, -0.2) is 4.98 Å². The summed E-state index contributed by atoms with van der Waals surface area (Å²) in [6.07, 6.45) is 1.06. The molecule has 11 heavy (non-hydrogen) atoms. The molecule has 0 bridgehead atoms. The summed E-state index contributed by atoms with van der Waals surface area (Å²) in [6, 6.07) is 0. The number of aryl methyl sites for hydroxylation is 1. The van der Waals surface area contributed by atoms with E-state index < -0.39 is 0 Å². The minimum Gasteiger partial charge on any atom is -0.319 e. The van der Waals surface area contributed by atoms with Gasteiger partial charge in [-0.2, -0.15) is 0 Å². The summed E-state index contributed by atoms with van der Waals surface area (Å²) in [4.78, 5) is 5.60. The Morgan fingerprint density at radius 2 is 2.36 bits per heavy atom. The van der Waals surface area contributed by atoms with Crippen LogP contribution in [0, 0.1) is 6.92 Å². The highest BCUT2D eigenvalue weighted by Gasteiger charge is 2.04. The van der Waals surface area contributed by atoms with Crippen LogP contribution in [0.2, 0.25) is 0 Å². The molecule has 4 heteroatoms. The number of hydrogen-bond acceptors (Lipinski definition) is 3. The van der Waals surface area contributed by atoms with Gasteiger partial charge in [0.25, 0.3) is 0 Å². The number of aromatic nitrogens is 1. The van der Waals surface area contributed by atoms with Crippen molar-refractivity contribution in [1.29, 1.82) is 0 Å². The zero-order valence-electron chi connectivity index (χ0n) is 6.65. The molecule has 1 rings (SSSR count). The van der Waals surface area contributed by atoms with Gasteiger partial charge in [-0.05, 0) is 42.9 Å². The molecular weight excluding hydrogens is 224 g/mol. The number of nitrogens with zero attached hydrogens (tertiary/aromatic N) is 1. The fourth-order valence-electron chi connectivity index (χ4n) is 0.837. The molecule has 0 aliphatic rings. The average Bonchev–Trinajstić information content (AvgIpc) is 2.26. The molecule has 0 unspecified atom stereocenters. The highest BCUT2D eigenvalue weighted by molar-refractivity contribution is 9.10. The standard InChI is InChI=1S/C7H11BrN2S/c1-5-10-7(8)6(11-5)3-4-9-2/h9H,3-4H2,1-2H3. The second-order valence-electron chi connectivity index (χ2n) is 2.30. The van der Waals surface area contributed by atoms with E-state index in [1.54, 1.807) is 11.3 Å². The average molecular weight is 235 g/mol. The topological polar surface area (TPSA) is 24.9 Å². The van der Waals surface area contributed by atoms with Gasteiger partial charge in [-0.3, -0.25) is 0 Å². The summed E-state index contributed by atoms with van der Waals surface area (Å²) < 4.78 is 1.01. The number of nitrogens with one attached hydrogen (secondary N) is 1. The molecule has 0 saturated carbocycles. The summed E-state index contributed by atoms with van der Waals surface area (Å²) in [5.74, 6) is 0. The molecule has 0 radical (unpaired) electrons. The second kappa shape index (κ2) is 4.18. The quantitative estimate of drug-likeness (QED) is 0.866. The van der Waals surface area contributed by atoms with Crippen molar-refractivity contribution >= 4 is 27.3 Å². The van der Waals surface area contributed by atoms with Crippen LogP contribution in [0.4, 0.5) is 0 Å². The summed E-state index contributed by atoms with van der Waals surface area (Å²) in [7, 11) is 1.96. The maximum atomic E-state index is 4.27. The van der Waals surface area contributed by atoms with Crippen molar-refractivity contribution in [1.82, 2.24) is 10.3 Å². The molecule has 1 N–H and O–H groups in total. The van der Waals surface area contributed by atoms with Gasteiger partial charge in [0, 0.05) is 4.88 Å². The van der Waals surface area contributed by atoms with E-state index in [2.05, 4.69) is 26.2 Å². The van der Waals surface area contributed by atoms with E-state index in [4.69, 9.17) is 0 Å². The zero-order chi connectivity index (χ0) is 8.27. The van der Waals surface area contributed by atoms with Crippen molar-refractivity contribution in [2.45, 2.75) is 13.3 Å². The van der Waals surface area contributed by atoms with Gasteiger partial charge in [0.2, 0.25) is 0 Å². The lowest BCUT2D eigenvalue weighted by molar-refractivity contribution is 0.796. The maximum Gasteiger partial charge on any atom is 0.120 e. The Morgan fingerprint density at radius 3 is 2.82 bits per heavy atom. The fourth-order valence-corrected chi connectivity index (χ4v) is 2.49. The molecule has 0 spiro atoms. The number of thiazole rings is 1. The van der Waals surface area contributed by atoms with Crippen molar-refractivity contribution in [2.75, 3.05) is 13.6 Å². The van der Waals surface area contributed by atoms with Crippen LogP contribution in [-0.2, 0) is 6.42 Å². The van der Waals surface area contributed by atoms with E-state index in [9.17, 15) is 0 Å². The Labute approximate surface area is 79.2 Å². The number of rotatable bonds is 3. The molecule has 1 heterocycles. The van der Waals surface area contributed by atoms with Crippen LogP contribution in [0.3, 0.4) is 0 Å². The van der Waals surface area contributed by atoms with Gasteiger partial charge >= 0.3 is 0 Å². The Bertz CT molecular complexity index is 234. The van der Waals surface area contributed by atoms with Crippen molar-refractivity contribution in [2.24, 2.45) is 0 Å². The molecule has 0 saturated heterocycles. The van der Waals surface area contributed by atoms with Crippen molar-refractivity contribution in [3.8, 4) is 0 Å². The van der Waals surface area contributed by atoms with E-state index in [1.807, 2.05) is 14.0 Å². The first-order valence-electron chi connectivity index (χ1n) is 3.50. The van der Waals surface area contributed by atoms with Gasteiger partial charge in [0.1, 0.15) is 4.60 Å². The van der Waals surface area contributed by atoms with Crippen LogP contribution in [0.5, 0.6) is 0 Å². The molecule has 0 aliphatic carbocycles. The fraction of sp³-hybridized carbons (Fsp3) is 0.571. The smallest absolute Gasteiger partial charge is 0.120 e. The largest absolute Gasteiger partial charge is 0.319 e. The summed E-state index contributed by atoms with van der Waals surface area (Å²) in [5, 5.41) is 4.24. The van der Waals surface area contributed by atoms with E-state index in [-0.39, 0.29) is 0 Å². The lowest BCUT2D eigenvalue weighted by atomic mass is 10.4. The third-order valence-electron chi connectivity index (χ3n) is 1.36. The van der Waals surface area contributed by atoms with Crippen LogP contribution in [0.25, 0.3) is 0 Å². The lowest BCUT2D eigenvalue weighted by Gasteiger charge is -1.94. The molecule has 1 aromatic heterocycles. The molecular formula is C7H11BrN2S. The Balaban J connectivity index is 2.62. The van der Waals surface area contributed by atoms with Crippen LogP contribution in [0.1, 0.15) is 9.88 Å². The second-order valence-corrected chi connectivity index (χ2v) is 4.34. The van der Waals surface area contributed by atoms with Crippen molar-refractivity contribution in [3.05, 3.63) is 14.5 Å². The van der Waals surface area contributed by atoms with E-state index in [0.717, 1.165) is 22.6 Å². The Hall–Kier alpha value is 0.0700. The molecule has 1 aromatic rings. The monoisotopic (exact) mass is 234 g/mol. The third-order valence-corrected chi connectivity index (χ3v) is 3.31. The first kappa shape index (κ1) is 9.16. The van der Waals surface area contributed by atoms with Crippen LogP contribution < -0.4 is 5.32 Å². The Morgan fingerprint density at radius 1 is 1.64 bits per heavy atom. The van der Waals surface area contributed by atoms with Gasteiger partial charge in [0.15, 0.2) is 0 Å². The van der Waals surface area contributed by atoms with Crippen LogP contribution in [0.15, 0.2) is 4.60 Å². The minimum atomic E-state index is 1.01. The third kappa shape index (κ3) is 2.54. The van der Waals surface area contributed by atoms with Crippen molar-refractivity contribution in [3.63, 3.8) is 0 Å². The molecule has 0 atom stereocenters. The van der Waals surface area contributed by atoms with Crippen molar-refractivity contribution < 1.29 is 0 Å². The van der Waals surface area contributed by atoms with Gasteiger partial charge in [0.05, 0.1) is 5.01 Å². The number of likely N-dealkylation sites (N-methyl/N-ethyl adjacent to an activating group) is 1. The SMILES string of the molecule is CNCCc1sc(C)nc1Br.